The highest BCUT2D eigenvalue weighted by molar-refractivity contribution is 4.85. The predicted octanol–water partition coefficient (Wildman–Crippen LogP) is 0.754. The van der Waals surface area contributed by atoms with E-state index in [1.165, 1.54) is 16.8 Å². The summed E-state index contributed by atoms with van der Waals surface area (Å²) in [4.78, 5) is 24.3. The highest BCUT2D eigenvalue weighted by Crippen LogP contribution is 2.12. The lowest BCUT2D eigenvalue weighted by molar-refractivity contribution is 0.392. The van der Waals surface area contributed by atoms with E-state index in [1.807, 2.05) is 20.8 Å². The zero-order valence-corrected chi connectivity index (χ0v) is 8.07. The molecule has 0 aliphatic heterocycles. The number of hydrogen-bond donors (Lipinski definition) is 1. The number of nitrogens with zero attached hydrogens (tertiary/aromatic N) is 1. The lowest BCUT2D eigenvalue weighted by Crippen LogP contribution is -2.32. The molecule has 72 valence electrons. The number of hydrogen-bond acceptors (Lipinski definition) is 2. The first-order valence-corrected chi connectivity index (χ1v) is 4.34. The van der Waals surface area contributed by atoms with Gasteiger partial charge in [0.2, 0.25) is 0 Å². The minimum Gasteiger partial charge on any atom is -0.298 e. The van der Waals surface area contributed by atoms with Crippen LogP contribution in [-0.4, -0.2) is 9.55 Å². The number of aromatic nitrogens is 2. The van der Waals surface area contributed by atoms with Crippen molar-refractivity contribution in [1.29, 1.82) is 0 Å². The summed E-state index contributed by atoms with van der Waals surface area (Å²) in [6.45, 7) is 6.01. The Morgan fingerprint density at radius 3 is 2.38 bits per heavy atom. The van der Waals surface area contributed by atoms with E-state index in [0.29, 0.717) is 5.92 Å². The predicted molar refractivity (Wildman–Crippen MR) is 50.9 cm³/mol. The largest absolute Gasteiger partial charge is 0.328 e. The van der Waals surface area contributed by atoms with Crippen molar-refractivity contribution in [2.24, 2.45) is 5.92 Å². The number of nitrogens with one attached hydrogen (secondary N) is 1. The van der Waals surface area contributed by atoms with Crippen molar-refractivity contribution in [2.45, 2.75) is 26.8 Å². The van der Waals surface area contributed by atoms with Gasteiger partial charge >= 0.3 is 5.69 Å². The highest BCUT2D eigenvalue weighted by atomic mass is 16.2. The lowest BCUT2D eigenvalue weighted by Gasteiger charge is -2.17. The Bertz CT molecular complexity index is 389. The first kappa shape index (κ1) is 9.77. The Morgan fingerprint density at radius 2 is 1.92 bits per heavy atom. The molecule has 0 aliphatic carbocycles. The van der Waals surface area contributed by atoms with Crippen LogP contribution in [0.25, 0.3) is 0 Å². The molecule has 1 aromatic heterocycles. The van der Waals surface area contributed by atoms with Gasteiger partial charge in [0.1, 0.15) is 0 Å². The molecule has 0 bridgehead atoms. The molecular weight excluding hydrogens is 168 g/mol. The van der Waals surface area contributed by atoms with Crippen molar-refractivity contribution in [3.8, 4) is 0 Å². The van der Waals surface area contributed by atoms with E-state index < -0.39 is 0 Å². The minimum atomic E-state index is -0.350. The standard InChI is InChI=1S/C9H14N2O2/c1-6(2)7(3)11-5-4-8(12)10-9(11)13/h4-7H,1-3H3,(H,10,12,13). The van der Waals surface area contributed by atoms with Crippen molar-refractivity contribution in [1.82, 2.24) is 9.55 Å². The van der Waals surface area contributed by atoms with E-state index in [1.54, 1.807) is 0 Å². The highest BCUT2D eigenvalue weighted by Gasteiger charge is 2.10. The van der Waals surface area contributed by atoms with Crippen LogP contribution < -0.4 is 11.2 Å². The Balaban J connectivity index is 3.17. The number of aromatic amines is 1. The summed E-state index contributed by atoms with van der Waals surface area (Å²) < 4.78 is 1.53. The second-order valence-electron chi connectivity index (χ2n) is 3.50. The molecule has 0 amide bonds. The summed E-state index contributed by atoms with van der Waals surface area (Å²) in [7, 11) is 0. The molecule has 4 heteroatoms. The quantitative estimate of drug-likeness (QED) is 0.733. The summed E-state index contributed by atoms with van der Waals surface area (Å²) >= 11 is 0. The smallest absolute Gasteiger partial charge is 0.298 e. The number of H-pyrrole nitrogens is 1. The van der Waals surface area contributed by atoms with Crippen molar-refractivity contribution in [3.05, 3.63) is 33.1 Å². The molecule has 1 atom stereocenters. The molecular formula is C9H14N2O2. The SMILES string of the molecule is CC(C)C(C)n1ccc(=O)[nH]c1=O. The molecule has 0 saturated carbocycles. The second-order valence-corrected chi connectivity index (χ2v) is 3.50. The van der Waals surface area contributed by atoms with E-state index in [4.69, 9.17) is 0 Å². The molecule has 13 heavy (non-hydrogen) atoms. The maximum absolute atomic E-state index is 11.3. The van der Waals surface area contributed by atoms with E-state index in [2.05, 4.69) is 4.98 Å². The van der Waals surface area contributed by atoms with Gasteiger partial charge in [-0.25, -0.2) is 4.79 Å². The average molecular weight is 182 g/mol. The van der Waals surface area contributed by atoms with Crippen LogP contribution in [0.4, 0.5) is 0 Å². The fourth-order valence-electron chi connectivity index (χ4n) is 1.07. The molecule has 1 aromatic rings. The van der Waals surface area contributed by atoms with Crippen molar-refractivity contribution in [3.63, 3.8) is 0 Å². The van der Waals surface area contributed by atoms with Crippen LogP contribution in [0.1, 0.15) is 26.8 Å². The molecule has 4 nitrogen and oxygen atoms in total. The maximum Gasteiger partial charge on any atom is 0.328 e. The van der Waals surface area contributed by atoms with Gasteiger partial charge in [0.25, 0.3) is 5.56 Å². The summed E-state index contributed by atoms with van der Waals surface area (Å²) in [5, 5.41) is 0. The third kappa shape index (κ3) is 2.08. The van der Waals surface area contributed by atoms with Gasteiger partial charge in [0, 0.05) is 18.3 Å². The summed E-state index contributed by atoms with van der Waals surface area (Å²) in [6.07, 6.45) is 1.53. The molecule has 1 rings (SSSR count). The fraction of sp³-hybridized carbons (Fsp3) is 0.556. The van der Waals surface area contributed by atoms with Crippen molar-refractivity contribution in [2.75, 3.05) is 0 Å². The molecule has 0 aliphatic rings. The van der Waals surface area contributed by atoms with Gasteiger partial charge in [-0.2, -0.15) is 0 Å². The van der Waals surface area contributed by atoms with Crippen LogP contribution >= 0.6 is 0 Å². The van der Waals surface area contributed by atoms with Crippen LogP contribution in [-0.2, 0) is 0 Å². The molecule has 0 saturated heterocycles. The molecule has 0 radical (unpaired) electrons. The van der Waals surface area contributed by atoms with Gasteiger partial charge in [-0.05, 0) is 12.8 Å². The monoisotopic (exact) mass is 182 g/mol. The van der Waals surface area contributed by atoms with Crippen LogP contribution in [0.5, 0.6) is 0 Å². The van der Waals surface area contributed by atoms with E-state index in [-0.39, 0.29) is 17.3 Å². The molecule has 0 fully saturated rings. The van der Waals surface area contributed by atoms with E-state index in [9.17, 15) is 9.59 Å². The van der Waals surface area contributed by atoms with Gasteiger partial charge < -0.3 is 0 Å². The minimum absolute atomic E-state index is 0.101. The van der Waals surface area contributed by atoms with Gasteiger partial charge in [0.05, 0.1) is 0 Å². The Labute approximate surface area is 76.2 Å². The molecule has 0 spiro atoms. The van der Waals surface area contributed by atoms with Crippen molar-refractivity contribution >= 4 is 0 Å². The van der Waals surface area contributed by atoms with Gasteiger partial charge in [-0.1, -0.05) is 13.8 Å². The zero-order valence-electron chi connectivity index (χ0n) is 8.07. The Hall–Kier alpha value is -1.32. The third-order valence-electron chi connectivity index (χ3n) is 2.25. The maximum atomic E-state index is 11.3. The zero-order chi connectivity index (χ0) is 10.0. The second kappa shape index (κ2) is 3.60. The first-order chi connectivity index (χ1) is 6.02. The average Bonchev–Trinajstić information content (AvgIpc) is 2.03. The fourth-order valence-corrected chi connectivity index (χ4v) is 1.07. The van der Waals surface area contributed by atoms with Gasteiger partial charge in [-0.15, -0.1) is 0 Å². The van der Waals surface area contributed by atoms with Crippen LogP contribution in [0.3, 0.4) is 0 Å². The van der Waals surface area contributed by atoms with Crippen LogP contribution in [0.15, 0.2) is 21.9 Å². The first-order valence-electron chi connectivity index (χ1n) is 4.34. The Morgan fingerprint density at radius 1 is 1.31 bits per heavy atom. The van der Waals surface area contributed by atoms with Crippen LogP contribution in [0.2, 0.25) is 0 Å². The topological polar surface area (TPSA) is 54.9 Å². The summed E-state index contributed by atoms with van der Waals surface area (Å²) in [5.74, 6) is 0.364. The van der Waals surface area contributed by atoms with E-state index >= 15 is 0 Å². The number of rotatable bonds is 2. The third-order valence-corrected chi connectivity index (χ3v) is 2.25. The summed E-state index contributed by atoms with van der Waals surface area (Å²) in [6, 6.07) is 1.46. The molecule has 1 unspecified atom stereocenters. The van der Waals surface area contributed by atoms with Crippen molar-refractivity contribution < 1.29 is 0 Å². The molecule has 1 N–H and O–H groups in total. The van der Waals surface area contributed by atoms with Crippen LogP contribution in [0, 0.1) is 5.92 Å². The van der Waals surface area contributed by atoms with Gasteiger partial charge in [-0.3, -0.25) is 14.3 Å². The Kier molecular flexibility index (Phi) is 2.70. The molecule has 1 heterocycles. The van der Waals surface area contributed by atoms with E-state index in [0.717, 1.165) is 0 Å². The summed E-state index contributed by atoms with van der Waals surface area (Å²) in [5.41, 5.74) is -0.689. The lowest BCUT2D eigenvalue weighted by atomic mass is 10.1. The molecule has 0 aromatic carbocycles. The van der Waals surface area contributed by atoms with Gasteiger partial charge in [0.15, 0.2) is 0 Å². The normalized spacial score (nSPS) is 13.2.